The standard InChI is InChI=1S/C39H42N4O5/c1-40-34(44)18-11-25-9-13-28(14-10-25)41-38(46)39(19-6-20-39)42-37(45)27-12-16-30-32(23-27)43-21-22-48-33-24-29(47-2)15-17-31(33)36(43)35(30)26-7-4-3-5-8-26/h9-18,23-24,26H,3-8,19-22H2,1-2H3,(H,40,44)(H,41,46)(H,42,45). The van der Waals surface area contributed by atoms with Crippen LogP contribution in [0.25, 0.3) is 28.2 Å². The fourth-order valence-corrected chi connectivity index (χ4v) is 7.45. The second-order valence-electron chi connectivity index (χ2n) is 13.1. The van der Waals surface area contributed by atoms with Crippen LogP contribution in [-0.4, -0.2) is 48.6 Å². The van der Waals surface area contributed by atoms with Gasteiger partial charge in [-0.15, -0.1) is 0 Å². The Morgan fingerprint density at radius 1 is 0.958 bits per heavy atom. The first kappa shape index (κ1) is 31.5. The van der Waals surface area contributed by atoms with E-state index in [2.05, 4.69) is 32.7 Å². The Morgan fingerprint density at radius 3 is 2.46 bits per heavy atom. The van der Waals surface area contributed by atoms with Crippen molar-refractivity contribution in [2.24, 2.45) is 0 Å². The van der Waals surface area contributed by atoms with Crippen molar-refractivity contribution in [3.8, 4) is 22.8 Å². The molecule has 2 saturated carbocycles. The number of benzene rings is 3. The monoisotopic (exact) mass is 646 g/mol. The molecule has 3 aliphatic rings. The van der Waals surface area contributed by atoms with Crippen molar-refractivity contribution in [1.29, 1.82) is 0 Å². The van der Waals surface area contributed by atoms with E-state index in [0.29, 0.717) is 43.2 Å². The molecule has 0 spiro atoms. The summed E-state index contributed by atoms with van der Waals surface area (Å²) in [7, 11) is 3.24. The molecule has 2 fully saturated rings. The van der Waals surface area contributed by atoms with E-state index in [4.69, 9.17) is 9.47 Å². The predicted octanol–water partition coefficient (Wildman–Crippen LogP) is 6.81. The normalized spacial score (nSPS) is 17.0. The van der Waals surface area contributed by atoms with E-state index in [9.17, 15) is 14.4 Å². The van der Waals surface area contributed by atoms with Gasteiger partial charge in [0.2, 0.25) is 11.8 Å². The van der Waals surface area contributed by atoms with Gasteiger partial charge in [0.15, 0.2) is 0 Å². The molecule has 0 saturated heterocycles. The minimum Gasteiger partial charge on any atom is -0.497 e. The number of nitrogens with zero attached hydrogens (tertiary/aromatic N) is 1. The highest BCUT2D eigenvalue weighted by Crippen LogP contribution is 2.48. The van der Waals surface area contributed by atoms with Gasteiger partial charge >= 0.3 is 0 Å². The van der Waals surface area contributed by atoms with E-state index in [1.807, 2.05) is 36.4 Å². The number of nitrogens with one attached hydrogen (secondary N) is 3. The Bertz CT molecular complexity index is 1900. The number of methoxy groups -OCH3 is 1. The van der Waals surface area contributed by atoms with E-state index in [0.717, 1.165) is 47.4 Å². The molecule has 248 valence electrons. The molecule has 1 aliphatic heterocycles. The summed E-state index contributed by atoms with van der Waals surface area (Å²) in [4.78, 5) is 39.0. The number of hydrogen-bond donors (Lipinski definition) is 3. The largest absolute Gasteiger partial charge is 0.497 e. The lowest BCUT2D eigenvalue weighted by Crippen LogP contribution is -2.61. The van der Waals surface area contributed by atoms with Crippen LogP contribution in [0, 0.1) is 0 Å². The Morgan fingerprint density at radius 2 is 1.75 bits per heavy atom. The number of rotatable bonds is 8. The van der Waals surface area contributed by atoms with Crippen LogP contribution in [0.2, 0.25) is 0 Å². The van der Waals surface area contributed by atoms with E-state index in [1.54, 1.807) is 32.4 Å². The average molecular weight is 647 g/mol. The van der Waals surface area contributed by atoms with E-state index >= 15 is 0 Å². The first-order valence-corrected chi connectivity index (χ1v) is 17.0. The molecule has 1 aromatic heterocycles. The van der Waals surface area contributed by atoms with Gasteiger partial charge in [0.1, 0.15) is 23.6 Å². The third kappa shape index (κ3) is 5.93. The number of amides is 3. The van der Waals surface area contributed by atoms with Crippen LogP contribution in [-0.2, 0) is 16.1 Å². The lowest BCUT2D eigenvalue weighted by Gasteiger charge is -2.40. The minimum absolute atomic E-state index is 0.188. The van der Waals surface area contributed by atoms with Crippen LogP contribution in [0.1, 0.15) is 78.8 Å². The number of hydrogen-bond acceptors (Lipinski definition) is 5. The molecule has 2 aliphatic carbocycles. The number of likely N-dealkylation sites (N-methyl/N-ethyl adjacent to an activating group) is 1. The summed E-state index contributed by atoms with van der Waals surface area (Å²) in [6, 6.07) is 19.3. The third-order valence-corrected chi connectivity index (χ3v) is 10.2. The van der Waals surface area contributed by atoms with Gasteiger partial charge in [-0.25, -0.2) is 0 Å². The average Bonchev–Trinajstić information content (AvgIpc) is 3.30. The van der Waals surface area contributed by atoms with Crippen molar-refractivity contribution in [1.82, 2.24) is 15.2 Å². The summed E-state index contributed by atoms with van der Waals surface area (Å²) in [5, 5.41) is 9.84. The number of anilines is 1. The predicted molar refractivity (Wildman–Crippen MR) is 187 cm³/mol. The summed E-state index contributed by atoms with van der Waals surface area (Å²) in [6.45, 7) is 1.17. The van der Waals surface area contributed by atoms with E-state index < -0.39 is 5.54 Å². The van der Waals surface area contributed by atoms with Gasteiger partial charge in [-0.1, -0.05) is 37.5 Å². The molecule has 3 amide bonds. The molecular formula is C39H42N4O5. The van der Waals surface area contributed by atoms with Gasteiger partial charge in [0, 0.05) is 46.9 Å². The van der Waals surface area contributed by atoms with Crippen molar-refractivity contribution in [2.75, 3.05) is 26.1 Å². The lowest BCUT2D eigenvalue weighted by atomic mass is 9.75. The zero-order valence-corrected chi connectivity index (χ0v) is 27.6. The van der Waals surface area contributed by atoms with Crippen molar-refractivity contribution in [3.05, 3.63) is 83.4 Å². The molecule has 4 aromatic rings. The molecule has 0 radical (unpaired) electrons. The topological polar surface area (TPSA) is 111 Å². The Labute approximate surface area is 280 Å². The molecule has 0 unspecified atom stereocenters. The second kappa shape index (κ2) is 13.2. The Hall–Kier alpha value is -5.05. The van der Waals surface area contributed by atoms with Crippen LogP contribution in [0.3, 0.4) is 0 Å². The molecule has 2 heterocycles. The van der Waals surface area contributed by atoms with Crippen molar-refractivity contribution in [3.63, 3.8) is 0 Å². The quantitative estimate of drug-likeness (QED) is 0.182. The molecular weight excluding hydrogens is 604 g/mol. The van der Waals surface area contributed by atoms with Gasteiger partial charge in [-0.05, 0) is 91.6 Å². The molecule has 9 nitrogen and oxygen atoms in total. The van der Waals surface area contributed by atoms with Gasteiger partial charge in [-0.2, -0.15) is 0 Å². The highest BCUT2D eigenvalue weighted by atomic mass is 16.5. The van der Waals surface area contributed by atoms with Gasteiger partial charge in [0.05, 0.1) is 19.3 Å². The SMILES string of the molecule is CNC(=O)C=Cc1ccc(NC(=O)C2(NC(=O)c3ccc4c(C5CCCCC5)c5n(c4c3)CCOc3cc(OC)ccc3-5)CCC2)cc1. The zero-order valence-electron chi connectivity index (χ0n) is 27.6. The summed E-state index contributed by atoms with van der Waals surface area (Å²) < 4.78 is 14.1. The highest BCUT2D eigenvalue weighted by molar-refractivity contribution is 6.06. The van der Waals surface area contributed by atoms with Crippen LogP contribution in [0.4, 0.5) is 5.69 Å². The summed E-state index contributed by atoms with van der Waals surface area (Å²) >= 11 is 0. The van der Waals surface area contributed by atoms with Crippen molar-refractivity contribution in [2.45, 2.75) is 69.4 Å². The maximum Gasteiger partial charge on any atom is 0.252 e. The summed E-state index contributed by atoms with van der Waals surface area (Å²) in [5.74, 6) is 1.35. The van der Waals surface area contributed by atoms with Gasteiger partial charge in [0.25, 0.3) is 5.91 Å². The minimum atomic E-state index is -0.973. The maximum atomic E-state index is 13.9. The Balaban J connectivity index is 1.17. The molecule has 7 rings (SSSR count). The second-order valence-corrected chi connectivity index (χ2v) is 13.1. The molecule has 3 N–H and O–H groups in total. The van der Waals surface area contributed by atoms with Crippen LogP contribution in [0.5, 0.6) is 11.5 Å². The maximum absolute atomic E-state index is 13.9. The first-order valence-electron chi connectivity index (χ1n) is 17.0. The van der Waals surface area contributed by atoms with Crippen LogP contribution in [0.15, 0.2) is 66.7 Å². The molecule has 0 atom stereocenters. The molecule has 9 heteroatoms. The molecule has 0 bridgehead atoms. The third-order valence-electron chi connectivity index (χ3n) is 10.2. The zero-order chi connectivity index (χ0) is 33.3. The number of fused-ring (bicyclic) bond motifs is 5. The smallest absolute Gasteiger partial charge is 0.252 e. The van der Waals surface area contributed by atoms with Crippen LogP contribution >= 0.6 is 0 Å². The molecule has 48 heavy (non-hydrogen) atoms. The van der Waals surface area contributed by atoms with Gasteiger partial charge < -0.3 is 30.0 Å². The number of carbonyl (C=O) groups excluding carboxylic acids is 3. The van der Waals surface area contributed by atoms with E-state index in [1.165, 1.54) is 42.0 Å². The lowest BCUT2D eigenvalue weighted by molar-refractivity contribution is -0.125. The van der Waals surface area contributed by atoms with Crippen molar-refractivity contribution >= 4 is 40.4 Å². The fourth-order valence-electron chi connectivity index (χ4n) is 7.45. The summed E-state index contributed by atoms with van der Waals surface area (Å²) in [6.07, 6.45) is 11.2. The highest BCUT2D eigenvalue weighted by Gasteiger charge is 2.45. The number of carbonyl (C=O) groups is 3. The molecule has 3 aromatic carbocycles. The van der Waals surface area contributed by atoms with E-state index in [-0.39, 0.29) is 17.7 Å². The van der Waals surface area contributed by atoms with Crippen LogP contribution < -0.4 is 25.4 Å². The fraction of sp³-hybridized carbons (Fsp3) is 0.359. The Kier molecular flexibility index (Phi) is 8.69. The first-order chi connectivity index (χ1) is 23.4. The number of aromatic nitrogens is 1. The van der Waals surface area contributed by atoms with Gasteiger partial charge in [-0.3, -0.25) is 14.4 Å². The number of ether oxygens (including phenoxy) is 2. The summed E-state index contributed by atoms with van der Waals surface area (Å²) in [5.41, 5.74) is 5.62. The van der Waals surface area contributed by atoms with Crippen molar-refractivity contribution < 1.29 is 23.9 Å².